The standard InChI is InChI=1S/C18H16F2N2S/c1-10-4-6-14(8-11(10)2)21-18-22-17(12(3)23-18)13-5-7-15(19)16(20)9-13/h4-9H,1-3H3,(H,21,22). The number of aryl methyl sites for hydroxylation is 3. The molecule has 3 rings (SSSR count). The monoisotopic (exact) mass is 330 g/mol. The van der Waals surface area contributed by atoms with Gasteiger partial charge in [0.15, 0.2) is 16.8 Å². The lowest BCUT2D eigenvalue weighted by atomic mass is 10.1. The Morgan fingerprint density at radius 2 is 1.70 bits per heavy atom. The molecule has 2 aromatic carbocycles. The smallest absolute Gasteiger partial charge is 0.187 e. The van der Waals surface area contributed by atoms with Crippen molar-refractivity contribution in [1.82, 2.24) is 4.98 Å². The first kappa shape index (κ1) is 15.6. The summed E-state index contributed by atoms with van der Waals surface area (Å²) in [6.45, 7) is 6.04. The number of nitrogens with zero attached hydrogens (tertiary/aromatic N) is 1. The van der Waals surface area contributed by atoms with Crippen LogP contribution in [0.1, 0.15) is 16.0 Å². The summed E-state index contributed by atoms with van der Waals surface area (Å²) in [5.41, 5.74) is 4.63. The molecule has 1 aromatic heterocycles. The molecule has 2 nitrogen and oxygen atoms in total. The van der Waals surface area contributed by atoms with Gasteiger partial charge in [0, 0.05) is 16.1 Å². The van der Waals surface area contributed by atoms with Gasteiger partial charge >= 0.3 is 0 Å². The van der Waals surface area contributed by atoms with Gasteiger partial charge in [-0.1, -0.05) is 6.07 Å². The number of rotatable bonds is 3. The van der Waals surface area contributed by atoms with Crippen molar-refractivity contribution in [2.45, 2.75) is 20.8 Å². The lowest BCUT2D eigenvalue weighted by Crippen LogP contribution is -1.92. The van der Waals surface area contributed by atoms with E-state index in [1.165, 1.54) is 28.5 Å². The van der Waals surface area contributed by atoms with Gasteiger partial charge in [0.2, 0.25) is 0 Å². The van der Waals surface area contributed by atoms with Crippen LogP contribution in [0.5, 0.6) is 0 Å². The fourth-order valence-electron chi connectivity index (χ4n) is 2.30. The molecule has 0 bridgehead atoms. The van der Waals surface area contributed by atoms with E-state index in [1.807, 2.05) is 19.1 Å². The van der Waals surface area contributed by atoms with Crippen LogP contribution in [0.4, 0.5) is 19.6 Å². The zero-order valence-electron chi connectivity index (χ0n) is 13.1. The highest BCUT2D eigenvalue weighted by molar-refractivity contribution is 7.16. The molecule has 0 fully saturated rings. The fraction of sp³-hybridized carbons (Fsp3) is 0.167. The molecule has 1 N–H and O–H groups in total. The van der Waals surface area contributed by atoms with Gasteiger partial charge in [0.05, 0.1) is 5.69 Å². The van der Waals surface area contributed by atoms with Crippen molar-refractivity contribution in [3.63, 3.8) is 0 Å². The Hall–Kier alpha value is -2.27. The SMILES string of the molecule is Cc1ccc(Nc2nc(-c3ccc(F)c(F)c3)c(C)s2)cc1C. The third kappa shape index (κ3) is 3.24. The molecule has 0 amide bonds. The first-order valence-corrected chi connectivity index (χ1v) is 8.03. The van der Waals surface area contributed by atoms with Crippen molar-refractivity contribution in [2.24, 2.45) is 0 Å². The van der Waals surface area contributed by atoms with E-state index in [4.69, 9.17) is 0 Å². The van der Waals surface area contributed by atoms with Crippen molar-refractivity contribution < 1.29 is 8.78 Å². The van der Waals surface area contributed by atoms with Crippen LogP contribution >= 0.6 is 11.3 Å². The maximum Gasteiger partial charge on any atom is 0.187 e. The number of hydrogen-bond donors (Lipinski definition) is 1. The first-order valence-electron chi connectivity index (χ1n) is 7.21. The van der Waals surface area contributed by atoms with Crippen LogP contribution in [0.3, 0.4) is 0 Å². The number of halogens is 2. The van der Waals surface area contributed by atoms with Crippen LogP contribution in [-0.2, 0) is 0 Å². The predicted octanol–water partition coefficient (Wildman–Crippen LogP) is 5.76. The van der Waals surface area contributed by atoms with E-state index in [0.29, 0.717) is 11.3 Å². The summed E-state index contributed by atoms with van der Waals surface area (Å²) in [6.07, 6.45) is 0. The lowest BCUT2D eigenvalue weighted by Gasteiger charge is -2.05. The van der Waals surface area contributed by atoms with Crippen LogP contribution in [0.15, 0.2) is 36.4 Å². The summed E-state index contributed by atoms with van der Waals surface area (Å²) < 4.78 is 26.5. The predicted molar refractivity (Wildman–Crippen MR) is 91.4 cm³/mol. The van der Waals surface area contributed by atoms with Crippen molar-refractivity contribution in [1.29, 1.82) is 0 Å². The topological polar surface area (TPSA) is 24.9 Å². The molecule has 0 aliphatic heterocycles. The molecule has 1 heterocycles. The second-order valence-corrected chi connectivity index (χ2v) is 6.68. The highest BCUT2D eigenvalue weighted by Gasteiger charge is 2.12. The zero-order valence-corrected chi connectivity index (χ0v) is 13.9. The average molecular weight is 330 g/mol. The van der Waals surface area contributed by atoms with Gasteiger partial charge in [-0.05, 0) is 62.2 Å². The van der Waals surface area contributed by atoms with E-state index in [9.17, 15) is 8.78 Å². The van der Waals surface area contributed by atoms with E-state index in [0.717, 1.165) is 21.8 Å². The van der Waals surface area contributed by atoms with Gasteiger partial charge in [-0.15, -0.1) is 11.3 Å². The highest BCUT2D eigenvalue weighted by Crippen LogP contribution is 2.32. The molecule has 0 aliphatic rings. The number of aromatic nitrogens is 1. The minimum atomic E-state index is -0.862. The molecular formula is C18H16F2N2S. The zero-order chi connectivity index (χ0) is 16.6. The molecule has 0 saturated carbocycles. The van der Waals surface area contributed by atoms with Gasteiger partial charge in [-0.25, -0.2) is 13.8 Å². The second-order valence-electron chi connectivity index (χ2n) is 5.48. The molecule has 23 heavy (non-hydrogen) atoms. The Morgan fingerprint density at radius 3 is 2.39 bits per heavy atom. The molecule has 118 valence electrons. The molecule has 3 aromatic rings. The van der Waals surface area contributed by atoms with E-state index in [-0.39, 0.29) is 0 Å². The number of nitrogens with one attached hydrogen (secondary N) is 1. The van der Waals surface area contributed by atoms with Crippen molar-refractivity contribution in [2.75, 3.05) is 5.32 Å². The fourth-order valence-corrected chi connectivity index (χ4v) is 3.16. The Morgan fingerprint density at radius 1 is 0.913 bits per heavy atom. The van der Waals surface area contributed by atoms with E-state index in [2.05, 4.69) is 30.2 Å². The van der Waals surface area contributed by atoms with Crippen LogP contribution < -0.4 is 5.32 Å². The van der Waals surface area contributed by atoms with E-state index in [1.54, 1.807) is 6.07 Å². The van der Waals surface area contributed by atoms with Crippen LogP contribution in [0.25, 0.3) is 11.3 Å². The van der Waals surface area contributed by atoms with Crippen LogP contribution in [-0.4, -0.2) is 4.98 Å². The Labute approximate surface area is 137 Å². The van der Waals surface area contributed by atoms with Crippen molar-refractivity contribution in [3.8, 4) is 11.3 Å². The Balaban J connectivity index is 1.91. The Kier molecular flexibility index (Phi) is 4.13. The quantitative estimate of drug-likeness (QED) is 0.660. The summed E-state index contributed by atoms with van der Waals surface area (Å²) in [4.78, 5) is 5.46. The minimum Gasteiger partial charge on any atom is -0.332 e. The maximum absolute atomic E-state index is 13.4. The maximum atomic E-state index is 13.4. The number of benzene rings is 2. The van der Waals surface area contributed by atoms with Crippen molar-refractivity contribution >= 4 is 22.2 Å². The summed E-state index contributed by atoms with van der Waals surface area (Å²) in [7, 11) is 0. The van der Waals surface area contributed by atoms with Gasteiger partial charge in [-0.2, -0.15) is 0 Å². The minimum absolute atomic E-state index is 0.575. The number of hydrogen-bond acceptors (Lipinski definition) is 3. The molecule has 0 aliphatic carbocycles. The van der Waals surface area contributed by atoms with Gasteiger partial charge in [0.1, 0.15) is 0 Å². The first-order chi connectivity index (χ1) is 10.9. The molecule has 0 unspecified atom stereocenters. The average Bonchev–Trinajstić information content (AvgIpc) is 2.86. The molecule has 0 spiro atoms. The third-order valence-electron chi connectivity index (χ3n) is 3.75. The molecular weight excluding hydrogens is 314 g/mol. The van der Waals surface area contributed by atoms with Gasteiger partial charge < -0.3 is 5.32 Å². The lowest BCUT2D eigenvalue weighted by molar-refractivity contribution is 0.509. The summed E-state index contributed by atoms with van der Waals surface area (Å²) in [5, 5.41) is 4.00. The van der Waals surface area contributed by atoms with E-state index < -0.39 is 11.6 Å². The molecule has 5 heteroatoms. The normalized spacial score (nSPS) is 10.8. The number of thiazole rings is 1. The van der Waals surface area contributed by atoms with Crippen molar-refractivity contribution in [3.05, 3.63) is 64.0 Å². The number of anilines is 2. The molecule has 0 atom stereocenters. The highest BCUT2D eigenvalue weighted by atomic mass is 32.1. The molecule has 0 radical (unpaired) electrons. The summed E-state index contributed by atoms with van der Waals surface area (Å²) >= 11 is 1.49. The van der Waals surface area contributed by atoms with Gasteiger partial charge in [-0.3, -0.25) is 0 Å². The third-order valence-corrected chi connectivity index (χ3v) is 4.63. The Bertz CT molecular complexity index is 871. The van der Waals surface area contributed by atoms with Gasteiger partial charge in [0.25, 0.3) is 0 Å². The van der Waals surface area contributed by atoms with Crippen LogP contribution in [0, 0.1) is 32.4 Å². The summed E-state index contributed by atoms with van der Waals surface area (Å²) in [6, 6.07) is 9.95. The second kappa shape index (κ2) is 6.08. The van der Waals surface area contributed by atoms with Crippen LogP contribution in [0.2, 0.25) is 0 Å². The largest absolute Gasteiger partial charge is 0.332 e. The summed E-state index contributed by atoms with van der Waals surface area (Å²) in [5.74, 6) is -1.71. The van der Waals surface area contributed by atoms with E-state index >= 15 is 0 Å². The molecule has 0 saturated heterocycles.